The van der Waals surface area contributed by atoms with Crippen LogP contribution in [0.4, 0.5) is 0 Å². The fraction of sp³-hybridized carbons (Fsp3) is 0.600. The molecule has 1 rings (SSSR count). The number of aromatic nitrogens is 2. The Balaban J connectivity index is 3.28. The summed E-state index contributed by atoms with van der Waals surface area (Å²) < 4.78 is 0. The lowest BCUT2D eigenvalue weighted by molar-refractivity contribution is 0.783. The highest BCUT2D eigenvalue weighted by Gasteiger charge is 2.11. The molecule has 0 radical (unpaired) electrons. The maximum absolute atomic E-state index is 5.75. The molecule has 0 saturated carbocycles. The van der Waals surface area contributed by atoms with E-state index in [-0.39, 0.29) is 0 Å². The predicted molar refractivity (Wildman–Crippen MR) is 60.5 cm³/mol. The van der Waals surface area contributed by atoms with Crippen molar-refractivity contribution < 1.29 is 0 Å². The van der Waals surface area contributed by atoms with Gasteiger partial charge in [0.15, 0.2) is 0 Å². The third kappa shape index (κ3) is 2.07. The quantitative estimate of drug-likeness (QED) is 0.771. The molecule has 78 valence electrons. The molecule has 1 heterocycles. The summed E-state index contributed by atoms with van der Waals surface area (Å²) >= 11 is 1.62. The fourth-order valence-electron chi connectivity index (χ4n) is 1.61. The van der Waals surface area contributed by atoms with Crippen molar-refractivity contribution in [3.63, 3.8) is 0 Å². The molecule has 0 bridgehead atoms. The highest BCUT2D eigenvalue weighted by molar-refractivity contribution is 7.98. The van der Waals surface area contributed by atoms with E-state index in [9.17, 15) is 0 Å². The van der Waals surface area contributed by atoms with Crippen molar-refractivity contribution >= 4 is 11.8 Å². The van der Waals surface area contributed by atoms with Gasteiger partial charge in [-0.05, 0) is 24.7 Å². The van der Waals surface area contributed by atoms with E-state index in [2.05, 4.69) is 24.0 Å². The monoisotopic (exact) mass is 211 g/mol. The Morgan fingerprint density at radius 3 is 2.29 bits per heavy atom. The summed E-state index contributed by atoms with van der Waals surface area (Å²) in [7, 11) is 0. The molecule has 2 N–H and O–H groups in total. The zero-order valence-corrected chi connectivity index (χ0v) is 9.82. The Bertz CT molecular complexity index is 281. The van der Waals surface area contributed by atoms with Gasteiger partial charge in [-0.1, -0.05) is 13.8 Å². The van der Waals surface area contributed by atoms with Gasteiger partial charge < -0.3 is 5.73 Å². The molecule has 0 saturated heterocycles. The normalized spacial score (nSPS) is 10.6. The van der Waals surface area contributed by atoms with Gasteiger partial charge in [-0.25, -0.2) is 0 Å². The highest BCUT2D eigenvalue weighted by Crippen LogP contribution is 2.22. The van der Waals surface area contributed by atoms with Gasteiger partial charge in [0.1, 0.15) is 5.03 Å². The number of aryl methyl sites for hydroxylation is 1. The van der Waals surface area contributed by atoms with Gasteiger partial charge in [0, 0.05) is 12.1 Å². The Kier molecular flexibility index (Phi) is 4.35. The molecule has 0 aliphatic rings. The lowest BCUT2D eigenvalue weighted by atomic mass is 10.0. The summed E-state index contributed by atoms with van der Waals surface area (Å²) in [5.74, 6) is 0. The lowest BCUT2D eigenvalue weighted by Crippen LogP contribution is -2.10. The van der Waals surface area contributed by atoms with E-state index in [1.807, 2.05) is 6.26 Å². The molecular formula is C10H17N3S. The molecule has 3 nitrogen and oxygen atoms in total. The van der Waals surface area contributed by atoms with Crippen molar-refractivity contribution in [3.05, 3.63) is 16.8 Å². The van der Waals surface area contributed by atoms with Crippen LogP contribution in [0.3, 0.4) is 0 Å². The molecule has 0 amide bonds. The van der Waals surface area contributed by atoms with Crippen LogP contribution in [-0.4, -0.2) is 16.5 Å². The van der Waals surface area contributed by atoms with Crippen LogP contribution in [0.5, 0.6) is 0 Å². The molecule has 4 heteroatoms. The number of thioether (sulfide) groups is 1. The summed E-state index contributed by atoms with van der Waals surface area (Å²) in [5, 5.41) is 9.38. The van der Waals surface area contributed by atoms with E-state index in [1.165, 1.54) is 11.1 Å². The van der Waals surface area contributed by atoms with Gasteiger partial charge in [0.2, 0.25) is 0 Å². The zero-order chi connectivity index (χ0) is 10.6. The van der Waals surface area contributed by atoms with Gasteiger partial charge in [-0.15, -0.1) is 16.9 Å². The maximum Gasteiger partial charge on any atom is 0.123 e. The molecule has 0 aromatic carbocycles. The van der Waals surface area contributed by atoms with Crippen LogP contribution < -0.4 is 5.73 Å². The topological polar surface area (TPSA) is 51.8 Å². The van der Waals surface area contributed by atoms with Crippen molar-refractivity contribution in [2.24, 2.45) is 5.73 Å². The summed E-state index contributed by atoms with van der Waals surface area (Å²) in [4.78, 5) is 0. The summed E-state index contributed by atoms with van der Waals surface area (Å²) in [6, 6.07) is 0. The van der Waals surface area contributed by atoms with Gasteiger partial charge in [0.05, 0.1) is 5.69 Å². The van der Waals surface area contributed by atoms with Gasteiger partial charge >= 0.3 is 0 Å². The smallest absolute Gasteiger partial charge is 0.123 e. The van der Waals surface area contributed by atoms with Crippen LogP contribution in [0.1, 0.15) is 30.7 Å². The lowest BCUT2D eigenvalue weighted by Gasteiger charge is -2.12. The first-order valence-corrected chi connectivity index (χ1v) is 6.12. The molecule has 0 aliphatic carbocycles. The van der Waals surface area contributed by atoms with Gasteiger partial charge in [0.25, 0.3) is 0 Å². The van der Waals surface area contributed by atoms with Crippen LogP contribution in [0.2, 0.25) is 0 Å². The van der Waals surface area contributed by atoms with Crippen molar-refractivity contribution in [3.8, 4) is 0 Å². The van der Waals surface area contributed by atoms with E-state index in [0.29, 0.717) is 6.54 Å². The van der Waals surface area contributed by atoms with Crippen LogP contribution >= 0.6 is 11.8 Å². The van der Waals surface area contributed by atoms with E-state index < -0.39 is 0 Å². The molecular weight excluding hydrogens is 194 g/mol. The average molecular weight is 211 g/mol. The fourth-order valence-corrected chi connectivity index (χ4v) is 2.18. The third-order valence-electron chi connectivity index (χ3n) is 2.32. The van der Waals surface area contributed by atoms with Crippen molar-refractivity contribution in [1.29, 1.82) is 0 Å². The number of rotatable bonds is 4. The maximum atomic E-state index is 5.75. The molecule has 1 aromatic heterocycles. The summed E-state index contributed by atoms with van der Waals surface area (Å²) in [5.41, 5.74) is 9.29. The first-order valence-electron chi connectivity index (χ1n) is 4.89. The molecule has 0 atom stereocenters. The second kappa shape index (κ2) is 5.32. The minimum atomic E-state index is 0.557. The van der Waals surface area contributed by atoms with Crippen molar-refractivity contribution in [1.82, 2.24) is 10.2 Å². The van der Waals surface area contributed by atoms with Crippen molar-refractivity contribution in [2.45, 2.75) is 38.3 Å². The average Bonchev–Trinajstić information content (AvgIpc) is 2.26. The first-order chi connectivity index (χ1) is 6.78. The molecule has 0 aliphatic heterocycles. The largest absolute Gasteiger partial charge is 0.326 e. The zero-order valence-electron chi connectivity index (χ0n) is 9.00. The SMILES string of the molecule is CCc1nnc(SC)c(CN)c1CC. The minimum absolute atomic E-state index is 0.557. The number of nitrogens with two attached hydrogens (primary N) is 1. The number of hydrogen-bond donors (Lipinski definition) is 1. The van der Waals surface area contributed by atoms with Crippen molar-refractivity contribution in [2.75, 3.05) is 6.26 Å². The Labute approximate surface area is 89.5 Å². The summed E-state index contributed by atoms with van der Waals surface area (Å²) in [6.07, 6.45) is 3.92. The third-order valence-corrected chi connectivity index (χ3v) is 3.03. The Morgan fingerprint density at radius 2 is 1.86 bits per heavy atom. The second-order valence-corrected chi connectivity index (χ2v) is 3.82. The Morgan fingerprint density at radius 1 is 1.14 bits per heavy atom. The Hall–Kier alpha value is -0.610. The number of nitrogens with zero attached hydrogens (tertiary/aromatic N) is 2. The standard InChI is InChI=1S/C10H17N3S/c1-4-7-8(6-11)10(14-3)13-12-9(7)5-2/h4-6,11H2,1-3H3. The molecule has 0 unspecified atom stereocenters. The van der Waals surface area contributed by atoms with Crippen LogP contribution in [0.25, 0.3) is 0 Å². The van der Waals surface area contributed by atoms with E-state index in [4.69, 9.17) is 5.73 Å². The molecule has 0 fully saturated rings. The van der Waals surface area contributed by atoms with Crippen LogP contribution in [0, 0.1) is 0 Å². The van der Waals surface area contributed by atoms with E-state index >= 15 is 0 Å². The van der Waals surface area contributed by atoms with Crippen LogP contribution in [0.15, 0.2) is 5.03 Å². The van der Waals surface area contributed by atoms with E-state index in [1.54, 1.807) is 11.8 Å². The molecule has 14 heavy (non-hydrogen) atoms. The van der Waals surface area contributed by atoms with Gasteiger partial charge in [-0.2, -0.15) is 5.10 Å². The summed E-state index contributed by atoms with van der Waals surface area (Å²) in [6.45, 7) is 4.80. The highest BCUT2D eigenvalue weighted by atomic mass is 32.2. The molecule has 0 spiro atoms. The first kappa shape index (κ1) is 11.5. The number of hydrogen-bond acceptors (Lipinski definition) is 4. The second-order valence-electron chi connectivity index (χ2n) is 3.02. The van der Waals surface area contributed by atoms with Gasteiger partial charge in [-0.3, -0.25) is 0 Å². The molecule has 1 aromatic rings. The predicted octanol–water partition coefficient (Wildman–Crippen LogP) is 1.78. The van der Waals surface area contributed by atoms with Crippen LogP contribution in [-0.2, 0) is 19.4 Å². The van der Waals surface area contributed by atoms with E-state index in [0.717, 1.165) is 23.6 Å². The minimum Gasteiger partial charge on any atom is -0.326 e.